The highest BCUT2D eigenvalue weighted by atomic mass is 19.1. The number of benzene rings is 1. The van der Waals surface area contributed by atoms with Crippen LogP contribution in [0.1, 0.15) is 31.2 Å². The Morgan fingerprint density at radius 3 is 2.38 bits per heavy atom. The average molecular weight is 361 g/mol. The molecular weight excluding hydrogens is 333 g/mol. The highest BCUT2D eigenvalue weighted by Crippen LogP contribution is 2.18. The van der Waals surface area contributed by atoms with Crippen molar-refractivity contribution in [2.24, 2.45) is 0 Å². The van der Waals surface area contributed by atoms with Crippen LogP contribution in [-0.4, -0.2) is 72.3 Å². The number of rotatable bonds is 3. The van der Waals surface area contributed by atoms with E-state index < -0.39 is 0 Å². The third kappa shape index (κ3) is 4.61. The lowest BCUT2D eigenvalue weighted by molar-refractivity contribution is -0.138. The van der Waals surface area contributed by atoms with E-state index in [2.05, 4.69) is 4.90 Å². The van der Waals surface area contributed by atoms with E-state index in [-0.39, 0.29) is 30.1 Å². The average Bonchev–Trinajstić information content (AvgIpc) is 2.90. The van der Waals surface area contributed by atoms with E-state index >= 15 is 0 Å². The summed E-state index contributed by atoms with van der Waals surface area (Å²) in [4.78, 5) is 31.3. The summed E-state index contributed by atoms with van der Waals surface area (Å²) in [6.07, 6.45) is 4.28. The smallest absolute Gasteiger partial charge is 0.239 e. The van der Waals surface area contributed by atoms with Crippen molar-refractivity contribution in [1.82, 2.24) is 14.7 Å². The molecule has 2 aliphatic heterocycles. The van der Waals surface area contributed by atoms with Crippen LogP contribution in [0.3, 0.4) is 0 Å². The van der Waals surface area contributed by atoms with Gasteiger partial charge in [-0.3, -0.25) is 14.5 Å². The molecule has 1 aromatic carbocycles. The summed E-state index contributed by atoms with van der Waals surface area (Å²) in [7, 11) is 2.03. The Balaban J connectivity index is 1.54. The zero-order valence-corrected chi connectivity index (χ0v) is 15.5. The molecule has 2 heterocycles. The number of likely N-dealkylation sites (tertiary alicyclic amines) is 1. The van der Waals surface area contributed by atoms with Crippen molar-refractivity contribution in [3.63, 3.8) is 0 Å². The Morgan fingerprint density at radius 2 is 1.65 bits per heavy atom. The van der Waals surface area contributed by atoms with Gasteiger partial charge in [-0.1, -0.05) is 18.6 Å². The molecular formula is C20H28FN3O2. The van der Waals surface area contributed by atoms with Gasteiger partial charge in [-0.2, -0.15) is 0 Å². The Bertz CT molecular complexity index is 634. The van der Waals surface area contributed by atoms with E-state index in [1.165, 1.54) is 12.1 Å². The number of likely N-dealkylation sites (N-methyl/N-ethyl adjacent to an activating group) is 1. The number of halogens is 1. The molecule has 0 radical (unpaired) electrons. The summed E-state index contributed by atoms with van der Waals surface area (Å²) in [5, 5.41) is 0. The van der Waals surface area contributed by atoms with E-state index in [0.717, 1.165) is 37.8 Å². The normalized spacial score (nSPS) is 22.2. The van der Waals surface area contributed by atoms with Crippen LogP contribution in [0.25, 0.3) is 0 Å². The fourth-order valence-corrected chi connectivity index (χ4v) is 3.87. The molecule has 0 bridgehead atoms. The second-order valence-corrected chi connectivity index (χ2v) is 7.36. The fraction of sp³-hybridized carbons (Fsp3) is 0.600. The maximum Gasteiger partial charge on any atom is 0.239 e. The quantitative estimate of drug-likeness (QED) is 0.826. The molecule has 2 aliphatic rings. The number of amides is 2. The molecule has 2 amide bonds. The van der Waals surface area contributed by atoms with Crippen LogP contribution in [0.5, 0.6) is 0 Å². The van der Waals surface area contributed by atoms with Crippen molar-refractivity contribution in [2.75, 3.05) is 39.8 Å². The minimum atomic E-state index is -0.294. The molecule has 1 aromatic rings. The lowest BCUT2D eigenvalue weighted by Crippen LogP contribution is -2.50. The fourth-order valence-electron chi connectivity index (χ4n) is 3.87. The van der Waals surface area contributed by atoms with Crippen LogP contribution in [0.15, 0.2) is 24.3 Å². The van der Waals surface area contributed by atoms with E-state index in [1.807, 2.05) is 16.8 Å². The van der Waals surface area contributed by atoms with Crippen LogP contribution < -0.4 is 0 Å². The van der Waals surface area contributed by atoms with Crippen LogP contribution >= 0.6 is 0 Å². The van der Waals surface area contributed by atoms with Gasteiger partial charge >= 0.3 is 0 Å². The number of piperidine rings is 1. The Hall–Kier alpha value is -1.95. The van der Waals surface area contributed by atoms with E-state index in [4.69, 9.17) is 0 Å². The van der Waals surface area contributed by atoms with Gasteiger partial charge in [0.1, 0.15) is 5.82 Å². The first-order valence-electron chi connectivity index (χ1n) is 9.56. The Morgan fingerprint density at radius 1 is 0.962 bits per heavy atom. The molecule has 0 aliphatic carbocycles. The number of hydrogen-bond donors (Lipinski definition) is 0. The standard InChI is InChI=1S/C20H28FN3O2/c1-22-10-3-2-5-18(22)20(26)24-12-4-11-23(13-14-24)19(25)15-16-6-8-17(21)9-7-16/h6-9,18H,2-5,10-15H2,1H3. The number of carbonyl (C=O) groups excluding carboxylic acids is 2. The third-order valence-electron chi connectivity index (χ3n) is 5.48. The summed E-state index contributed by atoms with van der Waals surface area (Å²) in [5.74, 6) is -0.0430. The summed E-state index contributed by atoms with van der Waals surface area (Å²) in [5.41, 5.74) is 0.817. The first kappa shape index (κ1) is 18.8. The van der Waals surface area contributed by atoms with Gasteiger partial charge in [0.05, 0.1) is 12.5 Å². The van der Waals surface area contributed by atoms with Crippen molar-refractivity contribution in [1.29, 1.82) is 0 Å². The maximum absolute atomic E-state index is 13.0. The van der Waals surface area contributed by atoms with Crippen LogP contribution in [0.2, 0.25) is 0 Å². The lowest BCUT2D eigenvalue weighted by atomic mass is 10.0. The summed E-state index contributed by atoms with van der Waals surface area (Å²) in [6.45, 7) is 3.53. The van der Waals surface area contributed by atoms with Gasteiger partial charge in [-0.05, 0) is 50.6 Å². The molecule has 6 heteroatoms. The second-order valence-electron chi connectivity index (χ2n) is 7.36. The minimum absolute atomic E-state index is 0.00906. The van der Waals surface area contributed by atoms with Crippen LogP contribution in [0, 0.1) is 5.82 Å². The molecule has 142 valence electrons. The lowest BCUT2D eigenvalue weighted by Gasteiger charge is -2.35. The SMILES string of the molecule is CN1CCCCC1C(=O)N1CCCN(C(=O)Cc2ccc(F)cc2)CC1. The monoisotopic (exact) mass is 361 g/mol. The van der Waals surface area contributed by atoms with Crippen LogP contribution in [0.4, 0.5) is 4.39 Å². The number of carbonyl (C=O) groups is 2. The van der Waals surface area contributed by atoms with Gasteiger partial charge in [0, 0.05) is 26.2 Å². The van der Waals surface area contributed by atoms with Gasteiger partial charge in [0.2, 0.25) is 11.8 Å². The molecule has 5 nitrogen and oxygen atoms in total. The minimum Gasteiger partial charge on any atom is -0.341 e. The predicted octanol–water partition coefficient (Wildman–Crippen LogP) is 1.91. The van der Waals surface area contributed by atoms with Gasteiger partial charge in [-0.25, -0.2) is 4.39 Å². The van der Waals surface area contributed by atoms with Gasteiger partial charge < -0.3 is 9.80 Å². The molecule has 3 rings (SSSR count). The molecule has 26 heavy (non-hydrogen) atoms. The highest BCUT2D eigenvalue weighted by Gasteiger charge is 2.31. The summed E-state index contributed by atoms with van der Waals surface area (Å²) >= 11 is 0. The Kier molecular flexibility index (Phi) is 6.25. The topological polar surface area (TPSA) is 43.9 Å². The first-order valence-corrected chi connectivity index (χ1v) is 9.56. The van der Waals surface area contributed by atoms with E-state index in [0.29, 0.717) is 26.2 Å². The summed E-state index contributed by atoms with van der Waals surface area (Å²) < 4.78 is 13.0. The molecule has 0 N–H and O–H groups in total. The molecule has 1 unspecified atom stereocenters. The largest absolute Gasteiger partial charge is 0.341 e. The predicted molar refractivity (Wildman–Crippen MR) is 98.2 cm³/mol. The van der Waals surface area contributed by atoms with Crippen molar-refractivity contribution < 1.29 is 14.0 Å². The second kappa shape index (κ2) is 8.62. The molecule has 0 saturated carbocycles. The Labute approximate surface area is 154 Å². The van der Waals surface area contributed by atoms with E-state index in [9.17, 15) is 14.0 Å². The van der Waals surface area contributed by atoms with Gasteiger partial charge in [0.25, 0.3) is 0 Å². The van der Waals surface area contributed by atoms with Crippen molar-refractivity contribution in [2.45, 2.75) is 38.1 Å². The number of hydrogen-bond acceptors (Lipinski definition) is 3. The maximum atomic E-state index is 13.0. The number of nitrogens with zero attached hydrogens (tertiary/aromatic N) is 3. The molecule has 0 aromatic heterocycles. The first-order chi connectivity index (χ1) is 12.5. The van der Waals surface area contributed by atoms with Crippen LogP contribution in [-0.2, 0) is 16.0 Å². The van der Waals surface area contributed by atoms with Gasteiger partial charge in [-0.15, -0.1) is 0 Å². The molecule has 2 saturated heterocycles. The van der Waals surface area contributed by atoms with Gasteiger partial charge in [0.15, 0.2) is 0 Å². The zero-order valence-electron chi connectivity index (χ0n) is 15.5. The highest BCUT2D eigenvalue weighted by molar-refractivity contribution is 5.82. The van der Waals surface area contributed by atoms with Crippen molar-refractivity contribution >= 4 is 11.8 Å². The van der Waals surface area contributed by atoms with E-state index in [1.54, 1.807) is 12.1 Å². The van der Waals surface area contributed by atoms with Crippen molar-refractivity contribution in [3.8, 4) is 0 Å². The zero-order chi connectivity index (χ0) is 18.5. The molecule has 2 fully saturated rings. The van der Waals surface area contributed by atoms with Crippen molar-refractivity contribution in [3.05, 3.63) is 35.6 Å². The summed E-state index contributed by atoms with van der Waals surface area (Å²) in [6, 6.07) is 6.06. The molecule has 0 spiro atoms. The molecule has 1 atom stereocenters. The third-order valence-corrected chi connectivity index (χ3v) is 5.48.